The Labute approximate surface area is 182 Å². The van der Waals surface area contributed by atoms with Gasteiger partial charge in [0.05, 0.1) is 6.26 Å². The van der Waals surface area contributed by atoms with Crippen molar-refractivity contribution in [2.75, 3.05) is 4.90 Å². The zero-order valence-electron chi connectivity index (χ0n) is 17.7. The maximum Gasteiger partial charge on any atom is 0.294 e. The van der Waals surface area contributed by atoms with Gasteiger partial charge in [-0.15, -0.1) is 0 Å². The molecule has 4 rings (SSSR count). The molecule has 0 saturated heterocycles. The maximum absolute atomic E-state index is 13.5. The van der Waals surface area contributed by atoms with E-state index in [1.807, 2.05) is 30.3 Å². The third-order valence-electron chi connectivity index (χ3n) is 5.78. The van der Waals surface area contributed by atoms with Crippen molar-refractivity contribution in [1.82, 2.24) is 10.3 Å². The number of carbonyl (C=O) groups excluding carboxylic acids is 2. The van der Waals surface area contributed by atoms with Crippen molar-refractivity contribution in [2.45, 2.75) is 51.1 Å². The van der Waals surface area contributed by atoms with Crippen molar-refractivity contribution in [3.8, 4) is 0 Å². The number of anilines is 1. The molecule has 0 bridgehead atoms. The first kappa shape index (κ1) is 20.8. The fraction of sp³-hybridized carbons (Fsp3) is 0.320. The highest BCUT2D eigenvalue weighted by Gasteiger charge is 2.35. The molecular formula is C25H27N3O3. The van der Waals surface area contributed by atoms with Gasteiger partial charge in [-0.25, -0.2) is 0 Å². The number of hydrogen-bond donors (Lipinski definition) is 1. The number of benzene rings is 1. The fourth-order valence-corrected chi connectivity index (χ4v) is 4.10. The van der Waals surface area contributed by atoms with Crippen LogP contribution in [0.4, 0.5) is 5.69 Å². The zero-order valence-corrected chi connectivity index (χ0v) is 17.7. The molecule has 1 aliphatic carbocycles. The van der Waals surface area contributed by atoms with Gasteiger partial charge in [0.15, 0.2) is 5.76 Å². The van der Waals surface area contributed by atoms with E-state index < -0.39 is 6.04 Å². The van der Waals surface area contributed by atoms with Crippen LogP contribution in [0.3, 0.4) is 0 Å². The number of furan rings is 1. The Morgan fingerprint density at radius 3 is 2.52 bits per heavy atom. The number of hydrogen-bond acceptors (Lipinski definition) is 4. The van der Waals surface area contributed by atoms with Crippen molar-refractivity contribution < 1.29 is 14.0 Å². The van der Waals surface area contributed by atoms with Crippen molar-refractivity contribution >= 4 is 17.5 Å². The van der Waals surface area contributed by atoms with Gasteiger partial charge in [0.25, 0.3) is 5.91 Å². The van der Waals surface area contributed by atoms with Crippen LogP contribution in [0.1, 0.15) is 60.3 Å². The summed E-state index contributed by atoms with van der Waals surface area (Å²) >= 11 is 0. The Morgan fingerprint density at radius 1 is 1.13 bits per heavy atom. The first-order valence-corrected chi connectivity index (χ1v) is 10.8. The van der Waals surface area contributed by atoms with Gasteiger partial charge in [-0.3, -0.25) is 19.5 Å². The minimum absolute atomic E-state index is 0.134. The van der Waals surface area contributed by atoms with E-state index in [9.17, 15) is 9.59 Å². The SMILES string of the molecule is CCc1ccc(N(C(=O)c2ccco2)[C@@H](C(=O)NC2CCCC2)c2cccnc2)cc1. The lowest BCUT2D eigenvalue weighted by atomic mass is 10.0. The van der Waals surface area contributed by atoms with Crippen LogP contribution in [0.2, 0.25) is 0 Å². The van der Waals surface area contributed by atoms with Crippen LogP contribution >= 0.6 is 0 Å². The number of aromatic nitrogens is 1. The first-order valence-electron chi connectivity index (χ1n) is 10.8. The quantitative estimate of drug-likeness (QED) is 0.605. The largest absolute Gasteiger partial charge is 0.459 e. The van der Waals surface area contributed by atoms with E-state index in [1.165, 1.54) is 11.2 Å². The third-order valence-corrected chi connectivity index (χ3v) is 5.78. The minimum Gasteiger partial charge on any atom is -0.459 e. The lowest BCUT2D eigenvalue weighted by Gasteiger charge is -2.31. The molecule has 1 aliphatic rings. The summed E-state index contributed by atoms with van der Waals surface area (Å²) in [4.78, 5) is 32.8. The predicted molar refractivity (Wildman–Crippen MR) is 119 cm³/mol. The lowest BCUT2D eigenvalue weighted by Crippen LogP contribution is -2.46. The molecule has 2 heterocycles. The van der Waals surface area contributed by atoms with Gasteiger partial charge < -0.3 is 9.73 Å². The second-order valence-corrected chi connectivity index (χ2v) is 7.85. The smallest absolute Gasteiger partial charge is 0.294 e. The van der Waals surface area contributed by atoms with Gasteiger partial charge in [-0.1, -0.05) is 38.0 Å². The van der Waals surface area contributed by atoms with Crippen LogP contribution in [-0.2, 0) is 11.2 Å². The molecule has 31 heavy (non-hydrogen) atoms. The van der Waals surface area contributed by atoms with Crippen LogP contribution in [0.5, 0.6) is 0 Å². The molecule has 0 unspecified atom stereocenters. The van der Waals surface area contributed by atoms with E-state index in [4.69, 9.17) is 4.42 Å². The Kier molecular flexibility index (Phi) is 6.46. The highest BCUT2D eigenvalue weighted by atomic mass is 16.3. The molecule has 0 radical (unpaired) electrons. The molecule has 3 aromatic rings. The molecule has 1 fully saturated rings. The van der Waals surface area contributed by atoms with Gasteiger partial charge in [0.1, 0.15) is 6.04 Å². The van der Waals surface area contributed by atoms with Crippen molar-refractivity contribution in [2.24, 2.45) is 0 Å². The van der Waals surface area contributed by atoms with Crippen LogP contribution in [0, 0.1) is 0 Å². The summed E-state index contributed by atoms with van der Waals surface area (Å²) < 4.78 is 5.40. The molecule has 2 aromatic heterocycles. The zero-order chi connectivity index (χ0) is 21.6. The van der Waals surface area contributed by atoms with E-state index in [0.717, 1.165) is 37.7 Å². The Hall–Kier alpha value is -3.41. The van der Waals surface area contributed by atoms with Crippen molar-refractivity contribution in [3.05, 3.63) is 84.1 Å². The number of carbonyl (C=O) groups is 2. The molecule has 1 aromatic carbocycles. The minimum atomic E-state index is -0.862. The molecule has 0 aliphatic heterocycles. The molecular weight excluding hydrogens is 390 g/mol. The van der Waals surface area contributed by atoms with E-state index in [-0.39, 0.29) is 23.6 Å². The standard InChI is InChI=1S/C25H27N3O3/c1-2-18-11-13-21(14-12-18)28(25(30)22-10-6-16-31-22)23(19-7-5-15-26-17-19)24(29)27-20-8-3-4-9-20/h5-7,10-17,20,23H,2-4,8-9H2,1H3,(H,27,29)/t23-/m1/s1. The predicted octanol–water partition coefficient (Wildman–Crippen LogP) is 4.68. The van der Waals surface area contributed by atoms with Crippen molar-refractivity contribution in [1.29, 1.82) is 0 Å². The second-order valence-electron chi connectivity index (χ2n) is 7.85. The van der Waals surface area contributed by atoms with Crippen LogP contribution in [0.25, 0.3) is 0 Å². The highest BCUT2D eigenvalue weighted by Crippen LogP contribution is 2.31. The molecule has 2 amide bonds. The molecule has 6 nitrogen and oxygen atoms in total. The highest BCUT2D eigenvalue weighted by molar-refractivity contribution is 6.08. The summed E-state index contributed by atoms with van der Waals surface area (Å²) in [5, 5.41) is 3.16. The summed E-state index contributed by atoms with van der Waals surface area (Å²) in [6.07, 6.45) is 9.79. The van der Waals surface area contributed by atoms with E-state index in [2.05, 4.69) is 17.2 Å². The number of aryl methyl sites for hydroxylation is 1. The summed E-state index contributed by atoms with van der Waals surface area (Å²) in [6.45, 7) is 2.08. The van der Waals surface area contributed by atoms with Gasteiger partial charge in [0, 0.05) is 29.7 Å². The summed E-state index contributed by atoms with van der Waals surface area (Å²) in [5.41, 5.74) is 2.44. The van der Waals surface area contributed by atoms with E-state index in [0.29, 0.717) is 11.3 Å². The lowest BCUT2D eigenvalue weighted by molar-refractivity contribution is -0.123. The Morgan fingerprint density at radius 2 is 1.90 bits per heavy atom. The normalized spacial score (nSPS) is 14.9. The molecule has 160 valence electrons. The monoisotopic (exact) mass is 417 g/mol. The maximum atomic E-state index is 13.5. The van der Waals surface area contributed by atoms with E-state index in [1.54, 1.807) is 30.6 Å². The average molecular weight is 418 g/mol. The van der Waals surface area contributed by atoms with Crippen LogP contribution < -0.4 is 10.2 Å². The molecule has 0 spiro atoms. The molecule has 6 heteroatoms. The topological polar surface area (TPSA) is 75.4 Å². The fourth-order valence-electron chi connectivity index (χ4n) is 4.10. The number of amides is 2. The Balaban J connectivity index is 1.77. The van der Waals surface area contributed by atoms with Gasteiger partial charge in [-0.05, 0) is 55.2 Å². The number of pyridine rings is 1. The first-order chi connectivity index (χ1) is 15.2. The summed E-state index contributed by atoms with van der Waals surface area (Å²) in [6, 6.07) is 13.9. The summed E-state index contributed by atoms with van der Waals surface area (Å²) in [5.74, 6) is -0.397. The summed E-state index contributed by atoms with van der Waals surface area (Å²) in [7, 11) is 0. The van der Waals surface area contributed by atoms with Crippen LogP contribution in [0.15, 0.2) is 71.6 Å². The number of nitrogens with one attached hydrogen (secondary N) is 1. The molecule has 1 atom stereocenters. The van der Waals surface area contributed by atoms with Crippen LogP contribution in [-0.4, -0.2) is 22.8 Å². The average Bonchev–Trinajstić information content (AvgIpc) is 3.52. The van der Waals surface area contributed by atoms with E-state index >= 15 is 0 Å². The van der Waals surface area contributed by atoms with Gasteiger partial charge in [-0.2, -0.15) is 0 Å². The second kappa shape index (κ2) is 9.60. The van der Waals surface area contributed by atoms with Gasteiger partial charge >= 0.3 is 0 Å². The van der Waals surface area contributed by atoms with Crippen molar-refractivity contribution in [3.63, 3.8) is 0 Å². The molecule has 1 N–H and O–H groups in total. The Bertz CT molecular complexity index is 994. The third kappa shape index (κ3) is 4.68. The number of nitrogens with zero attached hydrogens (tertiary/aromatic N) is 2. The molecule has 1 saturated carbocycles. The number of rotatable bonds is 7. The van der Waals surface area contributed by atoms with Gasteiger partial charge in [0.2, 0.25) is 5.91 Å².